The lowest BCUT2D eigenvalue weighted by Gasteiger charge is -2.20. The minimum Gasteiger partial charge on any atom is -0.363 e. The number of nitrogens with zero attached hydrogens (tertiary/aromatic N) is 2. The fourth-order valence-corrected chi connectivity index (χ4v) is 1.42. The summed E-state index contributed by atoms with van der Waals surface area (Å²) in [6, 6.07) is 6.17. The molecule has 1 N–H and O–H groups in total. The Balaban J connectivity index is 2.51. The SMILES string of the molecule is CN(C)c1cccc(CCNC(C)(C)C)n1. The van der Waals surface area contributed by atoms with Crippen molar-refractivity contribution >= 4 is 5.82 Å². The van der Waals surface area contributed by atoms with Gasteiger partial charge in [-0.3, -0.25) is 0 Å². The van der Waals surface area contributed by atoms with Crippen LogP contribution in [0.2, 0.25) is 0 Å². The zero-order valence-electron chi connectivity index (χ0n) is 11.0. The maximum absolute atomic E-state index is 4.58. The third-order valence-electron chi connectivity index (χ3n) is 2.29. The van der Waals surface area contributed by atoms with Gasteiger partial charge in [-0.25, -0.2) is 4.98 Å². The van der Waals surface area contributed by atoms with E-state index in [0.717, 1.165) is 24.5 Å². The van der Waals surface area contributed by atoms with E-state index in [9.17, 15) is 0 Å². The average Bonchev–Trinajstić information content (AvgIpc) is 2.16. The Morgan fingerprint density at radius 1 is 1.25 bits per heavy atom. The van der Waals surface area contributed by atoms with Gasteiger partial charge in [0.1, 0.15) is 5.82 Å². The van der Waals surface area contributed by atoms with E-state index in [2.05, 4.69) is 43.2 Å². The van der Waals surface area contributed by atoms with Crippen LogP contribution in [-0.2, 0) is 6.42 Å². The molecule has 1 aromatic heterocycles. The molecule has 1 rings (SSSR count). The minimum absolute atomic E-state index is 0.180. The van der Waals surface area contributed by atoms with Gasteiger partial charge in [-0.15, -0.1) is 0 Å². The first kappa shape index (κ1) is 13.0. The monoisotopic (exact) mass is 221 g/mol. The van der Waals surface area contributed by atoms with Crippen molar-refractivity contribution in [3.8, 4) is 0 Å². The van der Waals surface area contributed by atoms with Crippen LogP contribution in [0.1, 0.15) is 26.5 Å². The van der Waals surface area contributed by atoms with Crippen molar-refractivity contribution in [2.24, 2.45) is 0 Å². The molecule has 0 aromatic carbocycles. The molecule has 0 saturated heterocycles. The summed E-state index contributed by atoms with van der Waals surface area (Å²) in [7, 11) is 4.03. The highest BCUT2D eigenvalue weighted by molar-refractivity contribution is 5.37. The van der Waals surface area contributed by atoms with E-state index in [1.165, 1.54) is 0 Å². The first-order valence-corrected chi connectivity index (χ1v) is 5.77. The van der Waals surface area contributed by atoms with Crippen LogP contribution in [0.5, 0.6) is 0 Å². The van der Waals surface area contributed by atoms with Gasteiger partial charge in [0, 0.05) is 38.3 Å². The Morgan fingerprint density at radius 3 is 2.50 bits per heavy atom. The lowest BCUT2D eigenvalue weighted by molar-refractivity contribution is 0.428. The summed E-state index contributed by atoms with van der Waals surface area (Å²) >= 11 is 0. The van der Waals surface area contributed by atoms with Gasteiger partial charge >= 0.3 is 0 Å². The second-order valence-corrected chi connectivity index (χ2v) is 5.31. The van der Waals surface area contributed by atoms with Gasteiger partial charge < -0.3 is 10.2 Å². The number of rotatable bonds is 4. The van der Waals surface area contributed by atoms with Crippen molar-refractivity contribution < 1.29 is 0 Å². The Hall–Kier alpha value is -1.09. The van der Waals surface area contributed by atoms with E-state index in [1.807, 2.05) is 25.1 Å². The lowest BCUT2D eigenvalue weighted by atomic mass is 10.1. The lowest BCUT2D eigenvalue weighted by Crippen LogP contribution is -2.37. The number of hydrogen-bond acceptors (Lipinski definition) is 3. The number of aromatic nitrogens is 1. The number of pyridine rings is 1. The van der Waals surface area contributed by atoms with Crippen LogP contribution >= 0.6 is 0 Å². The molecule has 90 valence electrons. The molecule has 0 amide bonds. The van der Waals surface area contributed by atoms with Crippen LogP contribution in [0.25, 0.3) is 0 Å². The molecule has 0 unspecified atom stereocenters. The molecule has 1 heterocycles. The summed E-state index contributed by atoms with van der Waals surface area (Å²) in [5, 5.41) is 3.47. The Kier molecular flexibility index (Phi) is 4.30. The van der Waals surface area contributed by atoms with Crippen molar-refractivity contribution in [2.45, 2.75) is 32.7 Å². The average molecular weight is 221 g/mol. The second kappa shape index (κ2) is 5.30. The molecule has 0 fully saturated rings. The third kappa shape index (κ3) is 4.62. The van der Waals surface area contributed by atoms with E-state index in [4.69, 9.17) is 0 Å². The molecule has 0 aliphatic heterocycles. The molecule has 0 aliphatic rings. The van der Waals surface area contributed by atoms with E-state index in [-0.39, 0.29) is 5.54 Å². The Labute approximate surface area is 98.9 Å². The first-order chi connectivity index (χ1) is 7.38. The van der Waals surface area contributed by atoms with Crippen LogP contribution < -0.4 is 10.2 Å². The molecule has 0 radical (unpaired) electrons. The summed E-state index contributed by atoms with van der Waals surface area (Å²) in [6.45, 7) is 7.50. The molecular weight excluding hydrogens is 198 g/mol. The molecule has 3 nitrogen and oxygen atoms in total. The molecule has 0 saturated carbocycles. The molecule has 0 spiro atoms. The molecule has 16 heavy (non-hydrogen) atoms. The second-order valence-electron chi connectivity index (χ2n) is 5.31. The normalized spacial score (nSPS) is 11.6. The summed E-state index contributed by atoms with van der Waals surface area (Å²) in [4.78, 5) is 6.61. The molecule has 0 aliphatic carbocycles. The maximum Gasteiger partial charge on any atom is 0.128 e. The van der Waals surface area contributed by atoms with Gasteiger partial charge in [-0.1, -0.05) is 6.07 Å². The molecule has 0 bridgehead atoms. The van der Waals surface area contributed by atoms with Crippen molar-refractivity contribution in [3.05, 3.63) is 23.9 Å². The number of hydrogen-bond donors (Lipinski definition) is 1. The minimum atomic E-state index is 0.180. The van der Waals surface area contributed by atoms with Crippen molar-refractivity contribution in [1.29, 1.82) is 0 Å². The van der Waals surface area contributed by atoms with Crippen molar-refractivity contribution in [3.63, 3.8) is 0 Å². The summed E-state index contributed by atoms with van der Waals surface area (Å²) < 4.78 is 0. The number of anilines is 1. The highest BCUT2D eigenvalue weighted by Crippen LogP contribution is 2.08. The van der Waals surface area contributed by atoms with Gasteiger partial charge in [0.2, 0.25) is 0 Å². The maximum atomic E-state index is 4.58. The van der Waals surface area contributed by atoms with Gasteiger partial charge in [-0.2, -0.15) is 0 Å². The zero-order chi connectivity index (χ0) is 12.2. The summed E-state index contributed by atoms with van der Waals surface area (Å²) in [6.07, 6.45) is 0.971. The van der Waals surface area contributed by atoms with Gasteiger partial charge in [-0.05, 0) is 32.9 Å². The highest BCUT2D eigenvalue weighted by atomic mass is 15.1. The van der Waals surface area contributed by atoms with Crippen LogP contribution in [-0.4, -0.2) is 31.2 Å². The fourth-order valence-electron chi connectivity index (χ4n) is 1.42. The van der Waals surface area contributed by atoms with E-state index >= 15 is 0 Å². The largest absolute Gasteiger partial charge is 0.363 e. The first-order valence-electron chi connectivity index (χ1n) is 5.77. The van der Waals surface area contributed by atoms with Crippen LogP contribution in [0.15, 0.2) is 18.2 Å². The van der Waals surface area contributed by atoms with Crippen molar-refractivity contribution in [2.75, 3.05) is 25.5 Å². The third-order valence-corrected chi connectivity index (χ3v) is 2.29. The standard InChI is InChI=1S/C13H23N3/c1-13(2,3)14-10-9-11-7-6-8-12(15-11)16(4)5/h6-8,14H,9-10H2,1-5H3. The number of nitrogens with one attached hydrogen (secondary N) is 1. The predicted octanol–water partition coefficient (Wildman–Crippen LogP) is 2.08. The predicted molar refractivity (Wildman–Crippen MR) is 70.0 cm³/mol. The van der Waals surface area contributed by atoms with Gasteiger partial charge in [0.05, 0.1) is 0 Å². The van der Waals surface area contributed by atoms with Crippen molar-refractivity contribution in [1.82, 2.24) is 10.3 Å². The van der Waals surface area contributed by atoms with E-state index < -0.39 is 0 Å². The Bertz CT molecular complexity index is 326. The fraction of sp³-hybridized carbons (Fsp3) is 0.615. The van der Waals surface area contributed by atoms with Gasteiger partial charge in [0.15, 0.2) is 0 Å². The molecule has 1 aromatic rings. The van der Waals surface area contributed by atoms with E-state index in [0.29, 0.717) is 0 Å². The Morgan fingerprint density at radius 2 is 1.94 bits per heavy atom. The van der Waals surface area contributed by atoms with E-state index in [1.54, 1.807) is 0 Å². The smallest absolute Gasteiger partial charge is 0.128 e. The zero-order valence-corrected chi connectivity index (χ0v) is 11.0. The van der Waals surface area contributed by atoms with Gasteiger partial charge in [0.25, 0.3) is 0 Å². The molecule has 0 atom stereocenters. The van der Waals surface area contributed by atoms with Crippen LogP contribution in [0, 0.1) is 0 Å². The topological polar surface area (TPSA) is 28.2 Å². The summed E-state index contributed by atoms with van der Waals surface area (Å²) in [5.74, 6) is 1.02. The van der Waals surface area contributed by atoms with Crippen LogP contribution in [0.3, 0.4) is 0 Å². The van der Waals surface area contributed by atoms with Crippen LogP contribution in [0.4, 0.5) is 5.82 Å². The molecule has 3 heteroatoms. The quantitative estimate of drug-likeness (QED) is 0.843. The molecular formula is C13H23N3. The summed E-state index contributed by atoms with van der Waals surface area (Å²) in [5.41, 5.74) is 1.32. The highest BCUT2D eigenvalue weighted by Gasteiger charge is 2.08.